The molecule has 0 aromatic rings. The Bertz CT molecular complexity index is 298. The zero-order chi connectivity index (χ0) is 14.5. The first-order chi connectivity index (χ1) is 8.23. The molecular formula is C14H28N2O2. The standard InChI is InChI=1S/C12H22N2O2.C2H6/c1-9-6-10(15)14(11(9)16)8-12(2,3)7-13(4)5;1-2/h9H,6-8H2,1-5H3;1-2H3. The van der Waals surface area contributed by atoms with Crippen LogP contribution in [0.25, 0.3) is 0 Å². The van der Waals surface area contributed by atoms with Gasteiger partial charge in [-0.25, -0.2) is 0 Å². The Morgan fingerprint density at radius 2 is 1.78 bits per heavy atom. The molecule has 1 unspecified atom stereocenters. The van der Waals surface area contributed by atoms with Gasteiger partial charge in [0.05, 0.1) is 0 Å². The van der Waals surface area contributed by atoms with E-state index < -0.39 is 0 Å². The SMILES string of the molecule is CC.CC1CC(=O)N(CC(C)(C)CN(C)C)C1=O. The normalized spacial score (nSPS) is 20.2. The molecule has 2 amide bonds. The molecule has 1 saturated heterocycles. The molecule has 1 heterocycles. The molecule has 106 valence electrons. The fraction of sp³-hybridized carbons (Fsp3) is 0.857. The first-order valence-electron chi connectivity index (χ1n) is 6.72. The van der Waals surface area contributed by atoms with Gasteiger partial charge in [-0.15, -0.1) is 0 Å². The largest absolute Gasteiger partial charge is 0.309 e. The van der Waals surface area contributed by atoms with Crippen LogP contribution in [0.2, 0.25) is 0 Å². The van der Waals surface area contributed by atoms with Crippen molar-refractivity contribution in [3.63, 3.8) is 0 Å². The summed E-state index contributed by atoms with van der Waals surface area (Å²) in [5, 5.41) is 0. The van der Waals surface area contributed by atoms with Crippen molar-refractivity contribution >= 4 is 11.8 Å². The van der Waals surface area contributed by atoms with E-state index in [0.29, 0.717) is 13.0 Å². The molecule has 1 aliphatic rings. The van der Waals surface area contributed by atoms with Gasteiger partial charge in [0.25, 0.3) is 0 Å². The quantitative estimate of drug-likeness (QED) is 0.722. The van der Waals surface area contributed by atoms with Crippen LogP contribution in [0.5, 0.6) is 0 Å². The van der Waals surface area contributed by atoms with Crippen LogP contribution >= 0.6 is 0 Å². The Hall–Kier alpha value is -0.900. The van der Waals surface area contributed by atoms with Gasteiger partial charge in [-0.2, -0.15) is 0 Å². The van der Waals surface area contributed by atoms with E-state index in [0.717, 1.165) is 6.54 Å². The molecule has 0 aromatic carbocycles. The third kappa shape index (κ3) is 4.77. The molecule has 1 aliphatic heterocycles. The zero-order valence-corrected chi connectivity index (χ0v) is 12.9. The third-order valence-corrected chi connectivity index (χ3v) is 2.80. The van der Waals surface area contributed by atoms with E-state index in [9.17, 15) is 9.59 Å². The van der Waals surface area contributed by atoms with Gasteiger partial charge in [0.2, 0.25) is 11.8 Å². The summed E-state index contributed by atoms with van der Waals surface area (Å²) in [7, 11) is 4.00. The van der Waals surface area contributed by atoms with Gasteiger partial charge in [-0.3, -0.25) is 14.5 Å². The van der Waals surface area contributed by atoms with E-state index in [1.807, 2.05) is 34.9 Å². The summed E-state index contributed by atoms with van der Waals surface area (Å²) >= 11 is 0. The number of carbonyl (C=O) groups is 2. The van der Waals surface area contributed by atoms with Gasteiger partial charge in [-0.05, 0) is 19.5 Å². The smallest absolute Gasteiger partial charge is 0.232 e. The van der Waals surface area contributed by atoms with Gasteiger partial charge < -0.3 is 4.90 Å². The maximum absolute atomic E-state index is 11.8. The van der Waals surface area contributed by atoms with E-state index in [4.69, 9.17) is 0 Å². The number of amides is 2. The molecular weight excluding hydrogens is 228 g/mol. The average molecular weight is 256 g/mol. The van der Waals surface area contributed by atoms with Crippen LogP contribution in [0.4, 0.5) is 0 Å². The highest BCUT2D eigenvalue weighted by atomic mass is 16.2. The summed E-state index contributed by atoms with van der Waals surface area (Å²) in [6.45, 7) is 11.4. The molecule has 18 heavy (non-hydrogen) atoms. The number of likely N-dealkylation sites (tertiary alicyclic amines) is 1. The van der Waals surface area contributed by atoms with Crippen molar-refractivity contribution in [3.8, 4) is 0 Å². The number of hydrogen-bond acceptors (Lipinski definition) is 3. The number of nitrogens with zero attached hydrogens (tertiary/aromatic N) is 2. The fourth-order valence-electron chi connectivity index (χ4n) is 2.35. The summed E-state index contributed by atoms with van der Waals surface area (Å²) in [6, 6.07) is 0. The second kappa shape index (κ2) is 6.88. The van der Waals surface area contributed by atoms with Crippen LogP contribution in [0.3, 0.4) is 0 Å². The molecule has 4 heteroatoms. The van der Waals surface area contributed by atoms with Crippen LogP contribution in [0.1, 0.15) is 41.0 Å². The van der Waals surface area contributed by atoms with Crippen molar-refractivity contribution < 1.29 is 9.59 Å². The Balaban J connectivity index is 0.00000137. The summed E-state index contributed by atoms with van der Waals surface area (Å²) in [6.07, 6.45) is 0.372. The lowest BCUT2D eigenvalue weighted by Gasteiger charge is -2.31. The van der Waals surface area contributed by atoms with Gasteiger partial charge >= 0.3 is 0 Å². The van der Waals surface area contributed by atoms with E-state index in [1.165, 1.54) is 4.90 Å². The minimum Gasteiger partial charge on any atom is -0.309 e. The van der Waals surface area contributed by atoms with Crippen molar-refractivity contribution in [2.75, 3.05) is 27.2 Å². The second-order valence-corrected chi connectivity index (χ2v) is 5.83. The maximum Gasteiger partial charge on any atom is 0.232 e. The molecule has 0 aromatic heterocycles. The fourth-order valence-corrected chi connectivity index (χ4v) is 2.35. The molecule has 0 radical (unpaired) electrons. The number of rotatable bonds is 4. The van der Waals surface area contributed by atoms with Crippen LogP contribution in [-0.2, 0) is 9.59 Å². The van der Waals surface area contributed by atoms with Crippen molar-refractivity contribution in [1.82, 2.24) is 9.80 Å². The van der Waals surface area contributed by atoms with E-state index in [2.05, 4.69) is 18.7 Å². The average Bonchev–Trinajstić information content (AvgIpc) is 2.46. The lowest BCUT2D eigenvalue weighted by atomic mass is 9.92. The molecule has 0 spiro atoms. The van der Waals surface area contributed by atoms with Gasteiger partial charge in [0.15, 0.2) is 0 Å². The molecule has 1 fully saturated rings. The first kappa shape index (κ1) is 17.1. The lowest BCUT2D eigenvalue weighted by Crippen LogP contribution is -2.42. The summed E-state index contributed by atoms with van der Waals surface area (Å²) in [5.74, 6) is -0.177. The van der Waals surface area contributed by atoms with Gasteiger partial charge in [0.1, 0.15) is 0 Å². The van der Waals surface area contributed by atoms with Crippen LogP contribution in [-0.4, -0.2) is 48.8 Å². The molecule has 0 bridgehead atoms. The minimum atomic E-state index is -0.136. The second-order valence-electron chi connectivity index (χ2n) is 5.83. The highest BCUT2D eigenvalue weighted by molar-refractivity contribution is 6.03. The van der Waals surface area contributed by atoms with E-state index >= 15 is 0 Å². The molecule has 0 N–H and O–H groups in total. The van der Waals surface area contributed by atoms with Gasteiger partial charge in [0, 0.05) is 25.4 Å². The predicted octanol–water partition coefficient (Wildman–Crippen LogP) is 2.00. The summed E-state index contributed by atoms with van der Waals surface area (Å²) in [4.78, 5) is 26.9. The Morgan fingerprint density at radius 3 is 2.11 bits per heavy atom. The third-order valence-electron chi connectivity index (χ3n) is 2.80. The summed E-state index contributed by atoms with van der Waals surface area (Å²) in [5.41, 5.74) is -0.0567. The molecule has 0 saturated carbocycles. The van der Waals surface area contributed by atoms with Crippen molar-refractivity contribution in [2.45, 2.75) is 41.0 Å². The predicted molar refractivity (Wildman–Crippen MR) is 74.2 cm³/mol. The Kier molecular flexibility index (Phi) is 6.54. The molecule has 0 aliphatic carbocycles. The topological polar surface area (TPSA) is 40.6 Å². The van der Waals surface area contributed by atoms with Crippen LogP contribution < -0.4 is 0 Å². The highest BCUT2D eigenvalue weighted by Crippen LogP contribution is 2.25. The number of imide groups is 1. The highest BCUT2D eigenvalue weighted by Gasteiger charge is 2.38. The Labute approximate surface area is 111 Å². The summed E-state index contributed by atoms with van der Waals surface area (Å²) < 4.78 is 0. The minimum absolute atomic E-state index is 0.0168. The van der Waals surface area contributed by atoms with Crippen molar-refractivity contribution in [2.24, 2.45) is 11.3 Å². The van der Waals surface area contributed by atoms with E-state index in [-0.39, 0.29) is 23.1 Å². The van der Waals surface area contributed by atoms with Crippen LogP contribution in [0, 0.1) is 11.3 Å². The molecule has 4 nitrogen and oxygen atoms in total. The maximum atomic E-state index is 11.8. The lowest BCUT2D eigenvalue weighted by molar-refractivity contribution is -0.141. The first-order valence-corrected chi connectivity index (χ1v) is 6.72. The van der Waals surface area contributed by atoms with Crippen LogP contribution in [0.15, 0.2) is 0 Å². The van der Waals surface area contributed by atoms with Crippen molar-refractivity contribution in [3.05, 3.63) is 0 Å². The van der Waals surface area contributed by atoms with Gasteiger partial charge in [-0.1, -0.05) is 34.6 Å². The number of carbonyl (C=O) groups excluding carboxylic acids is 2. The molecule has 1 rings (SSSR count). The number of hydrogen-bond donors (Lipinski definition) is 0. The zero-order valence-electron chi connectivity index (χ0n) is 12.9. The van der Waals surface area contributed by atoms with Crippen molar-refractivity contribution in [1.29, 1.82) is 0 Å². The monoisotopic (exact) mass is 256 g/mol. The van der Waals surface area contributed by atoms with E-state index in [1.54, 1.807) is 0 Å². The molecule has 1 atom stereocenters. The Morgan fingerprint density at radius 1 is 1.28 bits per heavy atom.